The van der Waals surface area contributed by atoms with Gasteiger partial charge < -0.3 is 10.2 Å². The second-order valence-electron chi connectivity index (χ2n) is 16.4. The van der Waals surface area contributed by atoms with Gasteiger partial charge in [-0.15, -0.1) is 0 Å². The largest absolute Gasteiger partial charge is 0.456 e. The van der Waals surface area contributed by atoms with Crippen molar-refractivity contribution in [1.29, 1.82) is 0 Å². The van der Waals surface area contributed by atoms with Gasteiger partial charge in [-0.05, 0) is 75.9 Å². The Labute approximate surface area is 362 Å². The van der Waals surface area contributed by atoms with Gasteiger partial charge in [-0.1, -0.05) is 182 Å². The lowest BCUT2D eigenvalue weighted by Crippen LogP contribution is -2.45. The molecule has 2 aliphatic rings. The van der Waals surface area contributed by atoms with E-state index in [1.165, 1.54) is 16.7 Å². The number of hydrogen-bond donors (Lipinski definition) is 3. The van der Waals surface area contributed by atoms with E-state index >= 15 is 0 Å². The highest BCUT2D eigenvalue weighted by Gasteiger charge is 2.32. The van der Waals surface area contributed by atoms with Crippen molar-refractivity contribution < 1.29 is 4.42 Å². The number of allylic oxidation sites excluding steroid dienone is 4. The maximum atomic E-state index is 7.22. The van der Waals surface area contributed by atoms with Crippen LogP contribution in [0.5, 0.6) is 0 Å². The van der Waals surface area contributed by atoms with Gasteiger partial charge in [-0.2, -0.15) is 0 Å². The number of nitrogens with one attached hydrogen (secondary N) is 2. The van der Waals surface area contributed by atoms with Crippen LogP contribution in [0.15, 0.2) is 211 Å². The minimum atomic E-state index is -0.0600. The number of nitrogens with zero attached hydrogens (tertiary/aromatic N) is 1. The average Bonchev–Trinajstić information content (AvgIpc) is 3.73. The molecule has 0 radical (unpaired) electrons. The van der Waals surface area contributed by atoms with Crippen LogP contribution in [0.25, 0.3) is 55.1 Å². The summed E-state index contributed by atoms with van der Waals surface area (Å²) in [6.07, 6.45) is 10.5. The average molecular weight is 803 g/mol. The molecule has 1 fully saturated rings. The van der Waals surface area contributed by atoms with Gasteiger partial charge in [-0.25, -0.2) is 0 Å². The number of hydrogen-bond acceptors (Lipinski definition) is 5. The van der Waals surface area contributed by atoms with Crippen LogP contribution in [0.2, 0.25) is 0 Å². The Morgan fingerprint density at radius 2 is 1.18 bits per heavy atom. The van der Waals surface area contributed by atoms with Crippen molar-refractivity contribution >= 4 is 44.0 Å². The number of furan rings is 1. The minimum Gasteiger partial charge on any atom is -0.456 e. The maximum Gasteiger partial charge on any atom is 0.135 e. The standard InChI is InChI=1S/C57H46N4O/c58-54(38-20-7-2-8-21-38)53(37-18-5-1-6-19-37)56-46-30-14-13-29-45(46)52(55(61-56)39-22-9-3-10-23-39)43-27-17-26-41(34-43)48-36-49(60-57(59-48)40-24-11-4-12-25-40)42-32-33-51-47(35-42)44-28-15-16-31-50(44)62-51/h1-22,24-35,39,48-49,57,59-60H,23,36,58H2. The molecule has 300 valence electrons. The van der Waals surface area contributed by atoms with Crippen molar-refractivity contribution in [2.45, 2.75) is 37.0 Å². The molecule has 2 aromatic heterocycles. The molecule has 5 heteroatoms. The smallest absolute Gasteiger partial charge is 0.135 e. The normalized spacial score (nSPS) is 19.2. The van der Waals surface area contributed by atoms with Crippen LogP contribution in [-0.4, -0.2) is 4.98 Å². The number of benzene rings is 7. The lowest BCUT2D eigenvalue weighted by Gasteiger charge is -2.38. The first kappa shape index (κ1) is 37.7. The van der Waals surface area contributed by atoms with Gasteiger partial charge in [0.25, 0.3) is 0 Å². The molecule has 4 atom stereocenters. The van der Waals surface area contributed by atoms with Gasteiger partial charge >= 0.3 is 0 Å². The number of nitrogens with two attached hydrogens (primary N) is 1. The first-order valence-corrected chi connectivity index (χ1v) is 21.6. The lowest BCUT2D eigenvalue weighted by atomic mass is 9.84. The summed E-state index contributed by atoms with van der Waals surface area (Å²) >= 11 is 0. The van der Waals surface area contributed by atoms with Crippen molar-refractivity contribution in [3.05, 3.63) is 246 Å². The molecular formula is C57H46N4O. The van der Waals surface area contributed by atoms with Crippen molar-refractivity contribution in [2.75, 3.05) is 0 Å². The van der Waals surface area contributed by atoms with Crippen LogP contribution >= 0.6 is 0 Å². The van der Waals surface area contributed by atoms with Gasteiger partial charge in [0, 0.05) is 51.0 Å². The summed E-state index contributed by atoms with van der Waals surface area (Å²) in [6.45, 7) is 0. The van der Waals surface area contributed by atoms with E-state index in [-0.39, 0.29) is 24.2 Å². The predicted octanol–water partition coefficient (Wildman–Crippen LogP) is 13.3. The fourth-order valence-corrected chi connectivity index (χ4v) is 9.61. The van der Waals surface area contributed by atoms with E-state index in [0.29, 0.717) is 5.70 Å². The number of rotatable bonds is 8. The van der Waals surface area contributed by atoms with Crippen molar-refractivity contribution in [3.8, 4) is 11.1 Å². The summed E-state index contributed by atoms with van der Waals surface area (Å²) in [5.74, 6) is 0.0785. The Morgan fingerprint density at radius 1 is 0.548 bits per heavy atom. The van der Waals surface area contributed by atoms with Crippen molar-refractivity contribution in [2.24, 2.45) is 5.73 Å². The van der Waals surface area contributed by atoms with E-state index in [1.54, 1.807) is 0 Å². The summed E-state index contributed by atoms with van der Waals surface area (Å²) in [7, 11) is 0. The fourth-order valence-electron chi connectivity index (χ4n) is 9.61. The summed E-state index contributed by atoms with van der Waals surface area (Å²) in [5, 5.41) is 12.5. The summed E-state index contributed by atoms with van der Waals surface area (Å²) < 4.78 is 6.23. The van der Waals surface area contributed by atoms with Gasteiger partial charge in [0.05, 0.1) is 17.6 Å². The fraction of sp³-hybridized carbons (Fsp3) is 0.105. The van der Waals surface area contributed by atoms with Crippen LogP contribution in [0.4, 0.5) is 0 Å². The molecule has 0 saturated carbocycles. The third-order valence-electron chi connectivity index (χ3n) is 12.6. The second-order valence-corrected chi connectivity index (χ2v) is 16.4. The molecule has 5 nitrogen and oxygen atoms in total. The molecule has 1 aliphatic carbocycles. The zero-order chi connectivity index (χ0) is 41.4. The van der Waals surface area contributed by atoms with E-state index in [9.17, 15) is 0 Å². The van der Waals surface area contributed by atoms with E-state index in [1.807, 2.05) is 36.4 Å². The lowest BCUT2D eigenvalue weighted by molar-refractivity contribution is 0.248. The number of fused-ring (bicyclic) bond motifs is 4. The Hall–Kier alpha value is -7.31. The van der Waals surface area contributed by atoms with Gasteiger partial charge in [0.2, 0.25) is 0 Å². The van der Waals surface area contributed by atoms with Crippen LogP contribution in [-0.2, 0) is 0 Å². The zero-order valence-electron chi connectivity index (χ0n) is 34.3. The summed E-state index contributed by atoms with van der Waals surface area (Å²) in [5.41, 5.74) is 20.6. The van der Waals surface area contributed by atoms with Crippen LogP contribution in [0.3, 0.4) is 0 Å². The monoisotopic (exact) mass is 802 g/mol. The van der Waals surface area contributed by atoms with Gasteiger partial charge in [0.1, 0.15) is 11.2 Å². The highest BCUT2D eigenvalue weighted by molar-refractivity contribution is 6.09. The molecule has 9 aromatic rings. The van der Waals surface area contributed by atoms with Crippen LogP contribution in [0.1, 0.15) is 76.2 Å². The molecule has 0 spiro atoms. The van der Waals surface area contributed by atoms with E-state index in [0.717, 1.165) is 84.8 Å². The molecule has 4 unspecified atom stereocenters. The zero-order valence-corrected chi connectivity index (χ0v) is 34.3. The number of pyridine rings is 1. The molecule has 1 aliphatic heterocycles. The van der Waals surface area contributed by atoms with Crippen molar-refractivity contribution in [1.82, 2.24) is 15.6 Å². The Kier molecular flexibility index (Phi) is 9.89. The summed E-state index contributed by atoms with van der Waals surface area (Å²) in [4.78, 5) is 5.76. The van der Waals surface area contributed by atoms with E-state index in [4.69, 9.17) is 15.1 Å². The van der Waals surface area contributed by atoms with E-state index in [2.05, 4.69) is 181 Å². The minimum absolute atomic E-state index is 0.0564. The highest BCUT2D eigenvalue weighted by Crippen LogP contribution is 2.44. The SMILES string of the molecule is NC(=C(c1ccccc1)c1nc(C2C=CC=CC2)c(-c2cccc(C3CC(c4ccc5oc6ccccc6c5c4)NC(c4ccccc4)N3)c2)c2ccccc12)c1ccccc1. The second kappa shape index (κ2) is 16.3. The Morgan fingerprint density at radius 3 is 1.92 bits per heavy atom. The number of aromatic nitrogens is 1. The highest BCUT2D eigenvalue weighted by atomic mass is 16.3. The molecule has 0 bridgehead atoms. The first-order valence-electron chi connectivity index (χ1n) is 21.6. The number of para-hydroxylation sites is 1. The molecule has 3 heterocycles. The molecule has 7 aromatic carbocycles. The van der Waals surface area contributed by atoms with Crippen molar-refractivity contribution in [3.63, 3.8) is 0 Å². The molecule has 0 amide bonds. The first-order chi connectivity index (χ1) is 30.7. The topological polar surface area (TPSA) is 76.1 Å². The molecule has 62 heavy (non-hydrogen) atoms. The Bertz CT molecular complexity index is 3170. The quantitative estimate of drug-likeness (QED) is 0.133. The molecular weight excluding hydrogens is 757 g/mol. The summed E-state index contributed by atoms with van der Waals surface area (Å²) in [6, 6.07) is 64.5. The predicted molar refractivity (Wildman–Crippen MR) is 255 cm³/mol. The Balaban J connectivity index is 1.06. The maximum absolute atomic E-state index is 7.22. The van der Waals surface area contributed by atoms with Crippen LogP contribution < -0.4 is 16.4 Å². The third-order valence-corrected chi connectivity index (χ3v) is 12.6. The van der Waals surface area contributed by atoms with E-state index < -0.39 is 0 Å². The molecule has 1 saturated heterocycles. The molecule has 11 rings (SSSR count). The van der Waals surface area contributed by atoms with Gasteiger partial charge in [0.15, 0.2) is 0 Å². The molecule has 4 N–H and O–H groups in total. The van der Waals surface area contributed by atoms with Crippen LogP contribution in [0, 0.1) is 0 Å². The van der Waals surface area contributed by atoms with Gasteiger partial charge in [-0.3, -0.25) is 15.6 Å². The third kappa shape index (κ3) is 7.01.